The molecule has 94 valence electrons. The minimum atomic E-state index is -0.311. The number of amides is 1. The smallest absolute Gasteiger partial charge is 0.229 e. The van der Waals surface area contributed by atoms with Gasteiger partial charge in [0.1, 0.15) is 0 Å². The Balaban J connectivity index is 0.00000128. The van der Waals surface area contributed by atoms with Gasteiger partial charge in [-0.3, -0.25) is 4.79 Å². The summed E-state index contributed by atoms with van der Waals surface area (Å²) >= 11 is 0. The SMILES string of the molecule is CC1(C(=O)N2CC[C@@H](O)C2)CCCNC1.Cl. The molecule has 5 heteroatoms. The molecule has 2 atom stereocenters. The molecule has 2 saturated heterocycles. The number of carbonyl (C=O) groups excluding carboxylic acids is 1. The maximum Gasteiger partial charge on any atom is 0.229 e. The summed E-state index contributed by atoms with van der Waals surface area (Å²) in [5, 5.41) is 12.7. The highest BCUT2D eigenvalue weighted by molar-refractivity contribution is 5.85. The summed E-state index contributed by atoms with van der Waals surface area (Å²) in [7, 11) is 0. The molecular weight excluding hydrogens is 228 g/mol. The number of aliphatic hydroxyl groups excluding tert-OH is 1. The highest BCUT2D eigenvalue weighted by atomic mass is 35.5. The van der Waals surface area contributed by atoms with Crippen LogP contribution in [0, 0.1) is 5.41 Å². The van der Waals surface area contributed by atoms with Gasteiger partial charge in [0, 0.05) is 19.6 Å². The van der Waals surface area contributed by atoms with E-state index in [-0.39, 0.29) is 29.8 Å². The lowest BCUT2D eigenvalue weighted by atomic mass is 9.81. The van der Waals surface area contributed by atoms with Crippen molar-refractivity contribution in [1.82, 2.24) is 10.2 Å². The van der Waals surface area contributed by atoms with E-state index in [1.807, 2.05) is 11.8 Å². The molecule has 0 bridgehead atoms. The third kappa shape index (κ3) is 2.67. The molecule has 0 aliphatic carbocycles. The molecule has 16 heavy (non-hydrogen) atoms. The number of β-amino-alcohol motifs (C(OH)–C–C–N with tert-alkyl or cyclic N) is 1. The van der Waals surface area contributed by atoms with Crippen LogP contribution in [0.15, 0.2) is 0 Å². The molecule has 2 aliphatic heterocycles. The van der Waals surface area contributed by atoms with Crippen molar-refractivity contribution in [2.75, 3.05) is 26.2 Å². The zero-order chi connectivity index (χ0) is 10.9. The highest BCUT2D eigenvalue weighted by Gasteiger charge is 2.39. The molecule has 1 amide bonds. The summed E-state index contributed by atoms with van der Waals surface area (Å²) < 4.78 is 0. The van der Waals surface area contributed by atoms with Crippen LogP contribution in [0.25, 0.3) is 0 Å². The molecule has 2 heterocycles. The van der Waals surface area contributed by atoms with Crippen LogP contribution in [0.3, 0.4) is 0 Å². The largest absolute Gasteiger partial charge is 0.391 e. The van der Waals surface area contributed by atoms with Gasteiger partial charge in [0.05, 0.1) is 11.5 Å². The van der Waals surface area contributed by atoms with Crippen LogP contribution in [-0.2, 0) is 4.79 Å². The Morgan fingerprint density at radius 3 is 2.81 bits per heavy atom. The van der Waals surface area contributed by atoms with Gasteiger partial charge >= 0.3 is 0 Å². The molecular formula is C11H21ClN2O2. The van der Waals surface area contributed by atoms with Crippen LogP contribution in [0.5, 0.6) is 0 Å². The molecule has 0 aromatic carbocycles. The number of carbonyl (C=O) groups is 1. The van der Waals surface area contributed by atoms with E-state index in [2.05, 4.69) is 5.32 Å². The highest BCUT2D eigenvalue weighted by Crippen LogP contribution is 2.29. The molecule has 2 aliphatic rings. The summed E-state index contributed by atoms with van der Waals surface area (Å²) in [6.45, 7) is 5.07. The quantitative estimate of drug-likeness (QED) is 0.706. The Morgan fingerprint density at radius 2 is 2.31 bits per heavy atom. The van der Waals surface area contributed by atoms with E-state index in [1.54, 1.807) is 0 Å². The van der Waals surface area contributed by atoms with E-state index in [0.717, 1.165) is 38.9 Å². The Hall–Kier alpha value is -0.320. The van der Waals surface area contributed by atoms with Crippen LogP contribution in [0.1, 0.15) is 26.2 Å². The number of halogens is 1. The summed E-state index contributed by atoms with van der Waals surface area (Å²) in [4.78, 5) is 14.1. The monoisotopic (exact) mass is 248 g/mol. The number of aliphatic hydroxyl groups is 1. The van der Waals surface area contributed by atoms with Gasteiger partial charge in [0.15, 0.2) is 0 Å². The normalized spacial score (nSPS) is 34.6. The summed E-state index contributed by atoms with van der Waals surface area (Å²) in [6, 6.07) is 0. The van der Waals surface area contributed by atoms with Gasteiger partial charge in [-0.1, -0.05) is 0 Å². The van der Waals surface area contributed by atoms with Crippen molar-refractivity contribution in [3.8, 4) is 0 Å². The van der Waals surface area contributed by atoms with E-state index < -0.39 is 0 Å². The molecule has 0 radical (unpaired) electrons. The van der Waals surface area contributed by atoms with Gasteiger partial charge < -0.3 is 15.3 Å². The first-order valence-electron chi connectivity index (χ1n) is 5.80. The minimum absolute atomic E-state index is 0. The minimum Gasteiger partial charge on any atom is -0.391 e. The Kier molecular flexibility index (Phi) is 4.59. The number of likely N-dealkylation sites (tertiary alicyclic amines) is 1. The molecule has 2 N–H and O–H groups in total. The maximum absolute atomic E-state index is 12.2. The maximum atomic E-state index is 12.2. The van der Waals surface area contributed by atoms with Gasteiger partial charge in [0.2, 0.25) is 5.91 Å². The lowest BCUT2D eigenvalue weighted by Gasteiger charge is -2.35. The Morgan fingerprint density at radius 1 is 1.56 bits per heavy atom. The van der Waals surface area contributed by atoms with Crippen molar-refractivity contribution in [2.45, 2.75) is 32.3 Å². The molecule has 0 spiro atoms. The molecule has 0 aromatic rings. The van der Waals surface area contributed by atoms with Gasteiger partial charge in [-0.2, -0.15) is 0 Å². The van der Waals surface area contributed by atoms with E-state index >= 15 is 0 Å². The number of piperidine rings is 1. The van der Waals surface area contributed by atoms with Crippen LogP contribution in [-0.4, -0.2) is 48.2 Å². The predicted molar refractivity (Wildman–Crippen MR) is 64.7 cm³/mol. The number of rotatable bonds is 1. The number of nitrogens with one attached hydrogen (secondary N) is 1. The Bertz CT molecular complexity index is 254. The van der Waals surface area contributed by atoms with Crippen molar-refractivity contribution in [3.63, 3.8) is 0 Å². The first kappa shape index (κ1) is 13.7. The van der Waals surface area contributed by atoms with Crippen LogP contribution >= 0.6 is 12.4 Å². The van der Waals surface area contributed by atoms with Crippen molar-refractivity contribution in [2.24, 2.45) is 5.41 Å². The van der Waals surface area contributed by atoms with E-state index in [1.165, 1.54) is 0 Å². The second-order valence-electron chi connectivity index (χ2n) is 5.03. The van der Waals surface area contributed by atoms with Crippen molar-refractivity contribution in [1.29, 1.82) is 0 Å². The number of nitrogens with zero attached hydrogens (tertiary/aromatic N) is 1. The zero-order valence-electron chi connectivity index (χ0n) is 9.74. The summed E-state index contributed by atoms with van der Waals surface area (Å²) in [6.07, 6.45) is 2.45. The Labute approximate surface area is 103 Å². The molecule has 4 nitrogen and oxygen atoms in total. The second kappa shape index (κ2) is 5.34. The summed E-state index contributed by atoms with van der Waals surface area (Å²) in [5.74, 6) is 0.214. The second-order valence-corrected chi connectivity index (χ2v) is 5.03. The average Bonchev–Trinajstić information content (AvgIpc) is 2.65. The van der Waals surface area contributed by atoms with Gasteiger partial charge in [-0.05, 0) is 32.7 Å². The number of hydrogen-bond donors (Lipinski definition) is 2. The van der Waals surface area contributed by atoms with Crippen molar-refractivity contribution in [3.05, 3.63) is 0 Å². The van der Waals surface area contributed by atoms with Crippen molar-refractivity contribution < 1.29 is 9.90 Å². The first-order valence-corrected chi connectivity index (χ1v) is 5.80. The van der Waals surface area contributed by atoms with Crippen molar-refractivity contribution >= 4 is 18.3 Å². The fourth-order valence-electron chi connectivity index (χ4n) is 2.55. The lowest BCUT2D eigenvalue weighted by molar-refractivity contribution is -0.141. The topological polar surface area (TPSA) is 52.6 Å². The standard InChI is InChI=1S/C11H20N2O2.ClH/c1-11(4-2-5-12-8-11)10(15)13-6-3-9(14)7-13;/h9,12,14H,2-8H2,1H3;1H/t9-,11?;/m1./s1. The predicted octanol–water partition coefficient (Wildman–Crippen LogP) is 0.391. The van der Waals surface area contributed by atoms with Gasteiger partial charge in [-0.25, -0.2) is 0 Å². The molecule has 0 aromatic heterocycles. The third-order valence-corrected chi connectivity index (χ3v) is 3.56. The molecule has 1 unspecified atom stereocenters. The molecule has 0 saturated carbocycles. The van der Waals surface area contributed by atoms with Gasteiger partial charge in [0.25, 0.3) is 0 Å². The zero-order valence-corrected chi connectivity index (χ0v) is 10.6. The van der Waals surface area contributed by atoms with E-state index in [9.17, 15) is 9.90 Å². The van der Waals surface area contributed by atoms with Crippen LogP contribution in [0.2, 0.25) is 0 Å². The number of hydrogen-bond acceptors (Lipinski definition) is 3. The molecule has 2 fully saturated rings. The van der Waals surface area contributed by atoms with Gasteiger partial charge in [-0.15, -0.1) is 12.4 Å². The summed E-state index contributed by atoms with van der Waals surface area (Å²) in [5.41, 5.74) is -0.248. The average molecular weight is 249 g/mol. The molecule has 2 rings (SSSR count). The van der Waals surface area contributed by atoms with E-state index in [0.29, 0.717) is 6.54 Å². The third-order valence-electron chi connectivity index (χ3n) is 3.56. The van der Waals surface area contributed by atoms with Crippen LogP contribution < -0.4 is 5.32 Å². The fourth-order valence-corrected chi connectivity index (χ4v) is 2.55. The first-order chi connectivity index (χ1) is 7.12. The fraction of sp³-hybridized carbons (Fsp3) is 0.909. The van der Waals surface area contributed by atoms with Crippen LogP contribution in [0.4, 0.5) is 0 Å². The van der Waals surface area contributed by atoms with E-state index in [4.69, 9.17) is 0 Å². The lowest BCUT2D eigenvalue weighted by Crippen LogP contribution is -2.49.